The number of fused-ring (bicyclic) bond motifs is 8. The molecule has 2 aliphatic heterocycles. The molecule has 3 heterocycles. The summed E-state index contributed by atoms with van der Waals surface area (Å²) in [6, 6.07) is 13.3. The second-order valence-corrected chi connectivity index (χ2v) is 8.58. The van der Waals surface area contributed by atoms with E-state index < -0.39 is 0 Å². The molecule has 1 saturated carbocycles. The fraction of sp³-hybridized carbons (Fsp3) is 0.375. The molecule has 0 radical (unpaired) electrons. The molecule has 3 unspecified atom stereocenters. The maximum Gasteiger partial charge on any atom is 0.159 e. The second-order valence-electron chi connectivity index (χ2n) is 8.58. The first-order valence-electron chi connectivity index (χ1n) is 9.88. The van der Waals surface area contributed by atoms with Gasteiger partial charge in [-0.3, -0.25) is 0 Å². The molecule has 0 bridgehead atoms. The summed E-state index contributed by atoms with van der Waals surface area (Å²) < 4.78 is 0. The van der Waals surface area contributed by atoms with Gasteiger partial charge in [0.25, 0.3) is 0 Å². The van der Waals surface area contributed by atoms with Crippen molar-refractivity contribution in [1.29, 1.82) is 0 Å². The van der Waals surface area contributed by atoms with Crippen LogP contribution in [0.3, 0.4) is 0 Å². The van der Waals surface area contributed by atoms with E-state index in [0.717, 1.165) is 11.5 Å². The van der Waals surface area contributed by atoms with Crippen molar-refractivity contribution < 1.29 is 0 Å². The van der Waals surface area contributed by atoms with E-state index in [1.807, 2.05) is 0 Å². The quantitative estimate of drug-likeness (QED) is 0.647. The molecule has 3 atom stereocenters. The van der Waals surface area contributed by atoms with Gasteiger partial charge >= 0.3 is 0 Å². The van der Waals surface area contributed by atoms with Crippen LogP contribution in [0.25, 0.3) is 5.57 Å². The topological polar surface area (TPSA) is 19.4 Å². The Bertz CT molecular complexity index is 1000. The van der Waals surface area contributed by atoms with Gasteiger partial charge in [0.2, 0.25) is 0 Å². The van der Waals surface area contributed by atoms with Crippen molar-refractivity contribution >= 4 is 22.8 Å². The molecule has 1 aromatic heterocycles. The summed E-state index contributed by atoms with van der Waals surface area (Å²) in [7, 11) is 2.23. The van der Waals surface area contributed by atoms with E-state index in [0.29, 0.717) is 6.17 Å². The minimum absolute atomic E-state index is 0.240. The van der Waals surface area contributed by atoms with Gasteiger partial charge in [-0.05, 0) is 49.6 Å². The van der Waals surface area contributed by atoms with E-state index in [-0.39, 0.29) is 10.8 Å². The maximum atomic E-state index is 5.15. The van der Waals surface area contributed by atoms with Gasteiger partial charge in [-0.25, -0.2) is 4.98 Å². The van der Waals surface area contributed by atoms with Gasteiger partial charge in [0.05, 0.1) is 11.4 Å². The van der Waals surface area contributed by atoms with Crippen LogP contribution >= 0.6 is 0 Å². The molecule has 5 rings (SSSR count). The lowest BCUT2D eigenvalue weighted by atomic mass is 9.81. The molecule has 27 heavy (non-hydrogen) atoms. The van der Waals surface area contributed by atoms with Crippen molar-refractivity contribution in [3.05, 3.63) is 65.9 Å². The number of rotatable bonds is 2. The van der Waals surface area contributed by atoms with Crippen LogP contribution in [-0.4, -0.2) is 18.2 Å². The SMILES string of the molecule is C/C=C\C(=C/C)c1ccc2c(n1)N1c3ccccc3C3(C)CC3(C)C1N2C. The van der Waals surface area contributed by atoms with Gasteiger partial charge in [-0.2, -0.15) is 0 Å². The predicted octanol–water partition coefficient (Wildman–Crippen LogP) is 5.66. The van der Waals surface area contributed by atoms with Gasteiger partial charge in [0.1, 0.15) is 6.17 Å². The highest BCUT2D eigenvalue weighted by Gasteiger charge is 2.72. The van der Waals surface area contributed by atoms with Crippen molar-refractivity contribution in [2.75, 3.05) is 16.8 Å². The molecule has 3 aliphatic rings. The predicted molar refractivity (Wildman–Crippen MR) is 114 cm³/mol. The van der Waals surface area contributed by atoms with Gasteiger partial charge < -0.3 is 9.80 Å². The molecular formula is C24H27N3. The average Bonchev–Trinajstić information content (AvgIpc) is 3.14. The Morgan fingerprint density at radius 2 is 1.89 bits per heavy atom. The summed E-state index contributed by atoms with van der Waals surface area (Å²) >= 11 is 0. The highest BCUT2D eigenvalue weighted by atomic mass is 15.5. The summed E-state index contributed by atoms with van der Waals surface area (Å²) in [5.74, 6) is 1.09. The highest BCUT2D eigenvalue weighted by Crippen LogP contribution is 2.74. The molecule has 3 heteroatoms. The molecule has 0 N–H and O–H groups in total. The average molecular weight is 358 g/mol. The van der Waals surface area contributed by atoms with E-state index in [9.17, 15) is 0 Å². The highest BCUT2D eigenvalue weighted by molar-refractivity contribution is 5.87. The number of nitrogens with zero attached hydrogens (tertiary/aromatic N) is 3. The Morgan fingerprint density at radius 3 is 2.63 bits per heavy atom. The van der Waals surface area contributed by atoms with Crippen molar-refractivity contribution in [2.45, 2.75) is 45.7 Å². The fourth-order valence-corrected chi connectivity index (χ4v) is 5.56. The Labute approximate surface area is 162 Å². The number of aromatic nitrogens is 1. The molecule has 138 valence electrons. The van der Waals surface area contributed by atoms with Crippen LogP contribution in [0.1, 0.15) is 45.4 Å². The van der Waals surface area contributed by atoms with Gasteiger partial charge in [-0.15, -0.1) is 0 Å². The molecule has 0 amide bonds. The Balaban J connectivity index is 1.73. The van der Waals surface area contributed by atoms with Gasteiger partial charge in [-0.1, -0.05) is 50.3 Å². The standard InChI is InChI=1S/C24H27N3/c1-6-10-16(7-2)18-13-14-20-21(25-18)27-19-12-9-8-11-17(19)23(3)15-24(23,4)22(27)26(20)5/h6-14,22H,15H2,1-5H3/b10-6-,16-7+. The van der Waals surface area contributed by atoms with E-state index in [4.69, 9.17) is 4.98 Å². The lowest BCUT2D eigenvalue weighted by Gasteiger charge is -2.43. The summed E-state index contributed by atoms with van der Waals surface area (Å²) in [6.07, 6.45) is 7.89. The monoisotopic (exact) mass is 357 g/mol. The summed E-state index contributed by atoms with van der Waals surface area (Å²) in [4.78, 5) is 10.1. The molecule has 1 aromatic carbocycles. The van der Waals surface area contributed by atoms with Crippen LogP contribution in [0, 0.1) is 5.41 Å². The molecule has 0 spiro atoms. The molecule has 1 fully saturated rings. The molecule has 1 aliphatic carbocycles. The smallest absolute Gasteiger partial charge is 0.159 e. The van der Waals surface area contributed by atoms with Crippen molar-refractivity contribution in [1.82, 2.24) is 4.98 Å². The summed E-state index contributed by atoms with van der Waals surface area (Å²) in [6.45, 7) is 9.01. The zero-order valence-corrected chi connectivity index (χ0v) is 16.8. The summed E-state index contributed by atoms with van der Waals surface area (Å²) in [5, 5.41) is 0. The lowest BCUT2D eigenvalue weighted by Crippen LogP contribution is -2.50. The number of anilines is 3. The number of benzene rings is 1. The van der Waals surface area contributed by atoms with E-state index in [2.05, 4.69) is 99.2 Å². The first-order chi connectivity index (χ1) is 13.0. The first-order valence-corrected chi connectivity index (χ1v) is 9.88. The number of hydrogen-bond acceptors (Lipinski definition) is 3. The van der Waals surface area contributed by atoms with E-state index in [1.54, 1.807) is 0 Å². The maximum absolute atomic E-state index is 5.15. The minimum atomic E-state index is 0.240. The van der Waals surface area contributed by atoms with Crippen LogP contribution in [0.4, 0.5) is 17.2 Å². The van der Waals surface area contributed by atoms with Crippen molar-refractivity contribution in [3.8, 4) is 0 Å². The molecule has 2 aromatic rings. The Kier molecular flexibility index (Phi) is 3.23. The van der Waals surface area contributed by atoms with Crippen LogP contribution in [0.5, 0.6) is 0 Å². The third-order valence-electron chi connectivity index (χ3n) is 7.21. The molecule has 0 saturated heterocycles. The zero-order valence-electron chi connectivity index (χ0n) is 16.8. The van der Waals surface area contributed by atoms with Gasteiger partial charge in [0.15, 0.2) is 5.82 Å². The van der Waals surface area contributed by atoms with E-state index >= 15 is 0 Å². The van der Waals surface area contributed by atoms with Crippen molar-refractivity contribution in [2.24, 2.45) is 5.41 Å². The summed E-state index contributed by atoms with van der Waals surface area (Å²) in [5.41, 5.74) is 6.72. The second kappa shape index (κ2) is 5.25. The van der Waals surface area contributed by atoms with Crippen LogP contribution < -0.4 is 9.80 Å². The third kappa shape index (κ3) is 1.90. The van der Waals surface area contributed by atoms with Crippen molar-refractivity contribution in [3.63, 3.8) is 0 Å². The Hall–Kier alpha value is -2.55. The first kappa shape index (κ1) is 16.6. The lowest BCUT2D eigenvalue weighted by molar-refractivity contribution is 0.365. The molecule has 3 nitrogen and oxygen atoms in total. The number of pyridine rings is 1. The number of allylic oxidation sites excluding steroid dienone is 4. The zero-order chi connectivity index (χ0) is 19.0. The third-order valence-corrected chi connectivity index (χ3v) is 7.21. The van der Waals surface area contributed by atoms with Crippen LogP contribution in [0.15, 0.2) is 54.6 Å². The van der Waals surface area contributed by atoms with Gasteiger partial charge in [0, 0.05) is 23.6 Å². The number of hydrogen-bond donors (Lipinski definition) is 0. The normalized spacial score (nSPS) is 30.9. The van der Waals surface area contributed by atoms with Crippen LogP contribution in [0.2, 0.25) is 0 Å². The Morgan fingerprint density at radius 1 is 1.11 bits per heavy atom. The minimum Gasteiger partial charge on any atom is -0.350 e. The largest absolute Gasteiger partial charge is 0.350 e. The van der Waals surface area contributed by atoms with E-state index in [1.165, 1.54) is 28.9 Å². The fourth-order valence-electron chi connectivity index (χ4n) is 5.56. The number of para-hydroxylation sites is 1. The molecular weight excluding hydrogens is 330 g/mol. The van der Waals surface area contributed by atoms with Crippen LogP contribution in [-0.2, 0) is 5.41 Å².